The van der Waals surface area contributed by atoms with Crippen LogP contribution in [-0.2, 0) is 10.2 Å². The molecule has 0 radical (unpaired) electrons. The van der Waals surface area contributed by atoms with E-state index in [0.29, 0.717) is 31.7 Å². The summed E-state index contributed by atoms with van der Waals surface area (Å²) in [5.41, 5.74) is 1.07. The predicted octanol–water partition coefficient (Wildman–Crippen LogP) is 3.23. The zero-order valence-corrected chi connectivity index (χ0v) is 15.2. The van der Waals surface area contributed by atoms with E-state index < -0.39 is 5.41 Å². The van der Waals surface area contributed by atoms with Crippen molar-refractivity contribution in [3.8, 4) is 0 Å². The predicted molar refractivity (Wildman–Crippen MR) is 101 cm³/mol. The summed E-state index contributed by atoms with van der Waals surface area (Å²) in [5.74, 6) is -0.152. The van der Waals surface area contributed by atoms with Crippen LogP contribution < -0.4 is 0 Å². The van der Waals surface area contributed by atoms with E-state index in [-0.39, 0.29) is 17.6 Å². The number of amides is 2. The zero-order valence-electron chi connectivity index (χ0n) is 15.2. The van der Waals surface area contributed by atoms with E-state index >= 15 is 0 Å². The first-order valence-corrected chi connectivity index (χ1v) is 9.50. The van der Waals surface area contributed by atoms with Gasteiger partial charge in [-0.1, -0.05) is 36.8 Å². The maximum absolute atomic E-state index is 13.3. The normalized spacial score (nSPS) is 18.7. The van der Waals surface area contributed by atoms with Crippen molar-refractivity contribution in [3.63, 3.8) is 0 Å². The van der Waals surface area contributed by atoms with Crippen LogP contribution in [0.5, 0.6) is 0 Å². The summed E-state index contributed by atoms with van der Waals surface area (Å²) < 4.78 is 13.3. The van der Waals surface area contributed by atoms with Crippen LogP contribution in [0.2, 0.25) is 0 Å². The SMILES string of the molecule is O=C(c1ccccc1)N1CCN(C(=O)C2(c3ccc(F)cc3)CCC2)CC1. The molecule has 2 aromatic carbocycles. The van der Waals surface area contributed by atoms with Gasteiger partial charge in [-0.25, -0.2) is 4.39 Å². The molecule has 0 spiro atoms. The van der Waals surface area contributed by atoms with Crippen molar-refractivity contribution in [2.45, 2.75) is 24.7 Å². The van der Waals surface area contributed by atoms with Gasteiger partial charge in [-0.3, -0.25) is 9.59 Å². The molecular weight excluding hydrogens is 343 g/mol. The van der Waals surface area contributed by atoms with E-state index in [1.54, 1.807) is 12.1 Å². The number of nitrogens with zero attached hydrogens (tertiary/aromatic N) is 2. The van der Waals surface area contributed by atoms with Gasteiger partial charge in [0.15, 0.2) is 0 Å². The van der Waals surface area contributed by atoms with Crippen molar-refractivity contribution in [3.05, 3.63) is 71.5 Å². The molecule has 1 saturated carbocycles. The lowest BCUT2D eigenvalue weighted by Gasteiger charge is -2.46. The second-order valence-corrected chi connectivity index (χ2v) is 7.39. The number of rotatable bonds is 3. The van der Waals surface area contributed by atoms with Gasteiger partial charge in [0.25, 0.3) is 5.91 Å². The summed E-state index contributed by atoms with van der Waals surface area (Å²) in [7, 11) is 0. The van der Waals surface area contributed by atoms with Crippen LogP contribution in [0.1, 0.15) is 35.2 Å². The van der Waals surface area contributed by atoms with Crippen molar-refractivity contribution in [1.29, 1.82) is 0 Å². The maximum atomic E-state index is 13.3. The number of carbonyl (C=O) groups is 2. The van der Waals surface area contributed by atoms with Gasteiger partial charge in [0.1, 0.15) is 5.82 Å². The summed E-state index contributed by atoms with van der Waals surface area (Å²) in [6, 6.07) is 15.6. The number of halogens is 1. The second kappa shape index (κ2) is 7.14. The molecule has 0 bridgehead atoms. The smallest absolute Gasteiger partial charge is 0.253 e. The fourth-order valence-corrected chi connectivity index (χ4v) is 4.10. The molecule has 1 aliphatic heterocycles. The Bertz CT molecular complexity index is 823. The largest absolute Gasteiger partial charge is 0.338 e. The summed E-state index contributed by atoms with van der Waals surface area (Å²) in [4.78, 5) is 29.5. The van der Waals surface area contributed by atoms with Crippen molar-refractivity contribution >= 4 is 11.8 Å². The minimum Gasteiger partial charge on any atom is -0.338 e. The Labute approximate surface area is 158 Å². The van der Waals surface area contributed by atoms with Crippen LogP contribution in [0.4, 0.5) is 4.39 Å². The second-order valence-electron chi connectivity index (χ2n) is 7.39. The molecule has 0 aromatic heterocycles. The molecule has 140 valence electrons. The molecule has 2 aliphatic rings. The third-order valence-electron chi connectivity index (χ3n) is 5.89. The highest BCUT2D eigenvalue weighted by Gasteiger charge is 2.48. The average molecular weight is 366 g/mol. The lowest BCUT2D eigenvalue weighted by molar-refractivity contribution is -0.142. The average Bonchev–Trinajstić information content (AvgIpc) is 2.69. The summed E-state index contributed by atoms with van der Waals surface area (Å²) in [6.07, 6.45) is 2.62. The fourth-order valence-electron chi connectivity index (χ4n) is 4.10. The van der Waals surface area contributed by atoms with Crippen molar-refractivity contribution in [1.82, 2.24) is 9.80 Å². The molecule has 2 fully saturated rings. The molecule has 0 unspecified atom stereocenters. The van der Waals surface area contributed by atoms with E-state index in [9.17, 15) is 14.0 Å². The van der Waals surface area contributed by atoms with E-state index in [4.69, 9.17) is 0 Å². The fraction of sp³-hybridized carbons (Fsp3) is 0.364. The first kappa shape index (κ1) is 17.7. The molecule has 0 atom stereocenters. The van der Waals surface area contributed by atoms with Gasteiger partial charge in [0.05, 0.1) is 5.41 Å². The van der Waals surface area contributed by atoms with Crippen LogP contribution >= 0.6 is 0 Å². The first-order valence-electron chi connectivity index (χ1n) is 9.50. The molecule has 2 amide bonds. The molecule has 4 nitrogen and oxygen atoms in total. The summed E-state index contributed by atoms with van der Waals surface area (Å²) >= 11 is 0. The Morgan fingerprint density at radius 3 is 1.96 bits per heavy atom. The van der Waals surface area contributed by atoms with Gasteiger partial charge in [0.2, 0.25) is 5.91 Å². The van der Waals surface area contributed by atoms with Crippen molar-refractivity contribution < 1.29 is 14.0 Å². The standard InChI is InChI=1S/C22H23FN2O2/c23-19-9-7-18(8-10-19)22(11-4-12-22)21(27)25-15-13-24(14-16-25)20(26)17-5-2-1-3-6-17/h1-3,5-10H,4,11-16H2. The molecule has 1 heterocycles. The van der Waals surface area contributed by atoms with Crippen molar-refractivity contribution in [2.24, 2.45) is 0 Å². The highest BCUT2D eigenvalue weighted by molar-refractivity contribution is 5.94. The number of carbonyl (C=O) groups excluding carboxylic acids is 2. The van der Waals surface area contributed by atoms with Crippen LogP contribution in [0.15, 0.2) is 54.6 Å². The van der Waals surface area contributed by atoms with Crippen LogP contribution in [0.3, 0.4) is 0 Å². The minimum atomic E-state index is -0.515. The van der Waals surface area contributed by atoms with Gasteiger partial charge in [-0.2, -0.15) is 0 Å². The lowest BCUT2D eigenvalue weighted by Crippen LogP contribution is -2.57. The molecule has 2 aromatic rings. The van der Waals surface area contributed by atoms with Gasteiger partial charge in [-0.05, 0) is 42.7 Å². The summed E-state index contributed by atoms with van der Waals surface area (Å²) in [6.45, 7) is 2.17. The topological polar surface area (TPSA) is 40.6 Å². The highest BCUT2D eigenvalue weighted by Crippen LogP contribution is 2.45. The minimum absolute atomic E-state index is 0.0135. The van der Waals surface area contributed by atoms with Gasteiger partial charge in [-0.15, -0.1) is 0 Å². The van der Waals surface area contributed by atoms with E-state index in [0.717, 1.165) is 24.8 Å². The molecule has 4 rings (SSSR count). The van der Waals surface area contributed by atoms with Crippen molar-refractivity contribution in [2.75, 3.05) is 26.2 Å². The molecular formula is C22H23FN2O2. The Balaban J connectivity index is 1.44. The zero-order chi connectivity index (χ0) is 18.9. The first-order chi connectivity index (χ1) is 13.1. The maximum Gasteiger partial charge on any atom is 0.253 e. The third kappa shape index (κ3) is 3.22. The van der Waals surface area contributed by atoms with E-state index in [1.807, 2.05) is 40.1 Å². The quantitative estimate of drug-likeness (QED) is 0.837. The monoisotopic (exact) mass is 366 g/mol. The Morgan fingerprint density at radius 1 is 0.815 bits per heavy atom. The van der Waals surface area contributed by atoms with Crippen LogP contribution in [0.25, 0.3) is 0 Å². The Kier molecular flexibility index (Phi) is 4.68. The lowest BCUT2D eigenvalue weighted by atomic mass is 9.63. The van der Waals surface area contributed by atoms with Gasteiger partial charge in [0, 0.05) is 31.7 Å². The molecule has 0 N–H and O–H groups in total. The number of benzene rings is 2. The Morgan fingerprint density at radius 2 is 1.41 bits per heavy atom. The van der Waals surface area contributed by atoms with Gasteiger partial charge < -0.3 is 9.80 Å². The molecule has 27 heavy (non-hydrogen) atoms. The number of piperazine rings is 1. The van der Waals surface area contributed by atoms with Crippen LogP contribution in [0, 0.1) is 5.82 Å². The van der Waals surface area contributed by atoms with E-state index in [1.165, 1.54) is 12.1 Å². The Hall–Kier alpha value is -2.69. The number of hydrogen-bond acceptors (Lipinski definition) is 2. The van der Waals surface area contributed by atoms with Crippen LogP contribution in [-0.4, -0.2) is 47.8 Å². The van der Waals surface area contributed by atoms with Gasteiger partial charge >= 0.3 is 0 Å². The molecule has 5 heteroatoms. The van der Waals surface area contributed by atoms with E-state index in [2.05, 4.69) is 0 Å². The number of hydrogen-bond donors (Lipinski definition) is 0. The molecule has 1 saturated heterocycles. The highest BCUT2D eigenvalue weighted by atomic mass is 19.1. The molecule has 1 aliphatic carbocycles. The summed E-state index contributed by atoms with van der Waals surface area (Å²) in [5, 5.41) is 0. The third-order valence-corrected chi connectivity index (χ3v) is 5.89.